The summed E-state index contributed by atoms with van der Waals surface area (Å²) in [5, 5.41) is 31.6. The number of carboxylic acid groups (broad SMARTS) is 2. The van der Waals surface area contributed by atoms with Gasteiger partial charge in [0.1, 0.15) is 11.8 Å². The van der Waals surface area contributed by atoms with Crippen LogP contribution in [-0.4, -0.2) is 65.6 Å². The lowest BCUT2D eigenvalue weighted by Crippen LogP contribution is -2.49. The molecule has 1 amide bonds. The topological polar surface area (TPSA) is 142 Å². The number of phenols is 1. The first-order chi connectivity index (χ1) is 15.7. The van der Waals surface area contributed by atoms with Gasteiger partial charge < -0.3 is 30.1 Å². The molecule has 0 radical (unpaired) electrons. The molecule has 0 aromatic heterocycles. The quantitative estimate of drug-likeness (QED) is 0.307. The van der Waals surface area contributed by atoms with Gasteiger partial charge in [-0.2, -0.15) is 0 Å². The monoisotopic (exact) mass is 465 g/mol. The first kappa shape index (κ1) is 26.6. The van der Waals surface area contributed by atoms with Crippen LogP contribution in [-0.2, 0) is 30.3 Å². The maximum absolute atomic E-state index is 13.3. The van der Waals surface area contributed by atoms with Gasteiger partial charge in [-0.1, -0.05) is 25.0 Å². The highest BCUT2D eigenvalue weighted by atomic mass is 16.5. The molecule has 1 fully saturated rings. The van der Waals surface area contributed by atoms with E-state index in [2.05, 4.69) is 5.32 Å². The number of amides is 1. The van der Waals surface area contributed by atoms with Crippen molar-refractivity contribution in [3.8, 4) is 5.75 Å². The van der Waals surface area contributed by atoms with E-state index in [0.29, 0.717) is 31.6 Å². The van der Waals surface area contributed by atoms with E-state index in [1.165, 1.54) is 12.1 Å². The SMILES string of the molecule is COCCO[C@@H](C)C[C@H](CC1(C(=O)NC(Cc2ccc(O)cc2)C(=O)O)CCCC1)C(=O)O. The summed E-state index contributed by atoms with van der Waals surface area (Å²) in [4.78, 5) is 37.2. The number of phenolic OH excluding ortho intramolecular Hbond substituents is 1. The average molecular weight is 466 g/mol. The second kappa shape index (κ2) is 12.6. The second-order valence-corrected chi connectivity index (χ2v) is 8.87. The van der Waals surface area contributed by atoms with Crippen molar-refractivity contribution in [1.29, 1.82) is 0 Å². The summed E-state index contributed by atoms with van der Waals surface area (Å²) in [5.41, 5.74) is -0.260. The standard InChI is InChI=1S/C24H35NO8/c1-16(33-12-11-32-2)13-18(21(27)28)15-24(9-3-4-10-24)23(31)25-20(22(29)30)14-17-5-7-19(26)8-6-17/h5-8,16,18,20,26H,3-4,9-15H2,1-2H3,(H,25,31)(H,27,28)(H,29,30)/t16-,18+,20?/m0/s1. The Bertz CT molecular complexity index is 788. The van der Waals surface area contributed by atoms with Gasteiger partial charge in [-0.15, -0.1) is 0 Å². The molecule has 0 bridgehead atoms. The Hall–Kier alpha value is -2.65. The largest absolute Gasteiger partial charge is 0.508 e. The predicted molar refractivity (Wildman–Crippen MR) is 120 cm³/mol. The molecule has 184 valence electrons. The summed E-state index contributed by atoms with van der Waals surface area (Å²) in [7, 11) is 1.56. The van der Waals surface area contributed by atoms with Crippen LogP contribution >= 0.6 is 0 Å². The van der Waals surface area contributed by atoms with Crippen LogP contribution in [0, 0.1) is 11.3 Å². The van der Waals surface area contributed by atoms with Crippen molar-refractivity contribution in [3.63, 3.8) is 0 Å². The molecule has 3 atom stereocenters. The molecule has 1 aromatic rings. The summed E-state index contributed by atoms with van der Waals surface area (Å²) in [6.45, 7) is 2.56. The van der Waals surface area contributed by atoms with Crippen LogP contribution in [0.4, 0.5) is 0 Å². The number of rotatable bonds is 14. The van der Waals surface area contributed by atoms with Crippen LogP contribution in [0.2, 0.25) is 0 Å². The van der Waals surface area contributed by atoms with Crippen molar-refractivity contribution >= 4 is 17.8 Å². The molecular weight excluding hydrogens is 430 g/mol. The molecule has 0 spiro atoms. The number of aromatic hydroxyl groups is 1. The van der Waals surface area contributed by atoms with E-state index in [-0.39, 0.29) is 31.1 Å². The second-order valence-electron chi connectivity index (χ2n) is 8.87. The molecule has 1 aromatic carbocycles. The number of benzene rings is 1. The molecule has 2 rings (SSSR count). The molecule has 1 aliphatic carbocycles. The number of nitrogens with one attached hydrogen (secondary N) is 1. The zero-order valence-corrected chi connectivity index (χ0v) is 19.3. The first-order valence-electron chi connectivity index (χ1n) is 11.3. The van der Waals surface area contributed by atoms with Gasteiger partial charge in [0.2, 0.25) is 5.91 Å². The number of hydrogen-bond acceptors (Lipinski definition) is 6. The van der Waals surface area contributed by atoms with Crippen LogP contribution in [0.3, 0.4) is 0 Å². The van der Waals surface area contributed by atoms with Gasteiger partial charge in [0.25, 0.3) is 0 Å². The molecule has 4 N–H and O–H groups in total. The number of ether oxygens (including phenoxy) is 2. The van der Waals surface area contributed by atoms with Crippen LogP contribution in [0.5, 0.6) is 5.75 Å². The Morgan fingerprint density at radius 1 is 1.06 bits per heavy atom. The average Bonchev–Trinajstić information content (AvgIpc) is 3.24. The van der Waals surface area contributed by atoms with Crippen molar-refractivity contribution in [2.24, 2.45) is 11.3 Å². The van der Waals surface area contributed by atoms with E-state index >= 15 is 0 Å². The van der Waals surface area contributed by atoms with Gasteiger partial charge in [0, 0.05) is 13.5 Å². The lowest BCUT2D eigenvalue weighted by molar-refractivity contribution is -0.148. The van der Waals surface area contributed by atoms with Gasteiger partial charge in [0.15, 0.2) is 0 Å². The molecule has 0 heterocycles. The van der Waals surface area contributed by atoms with Gasteiger partial charge in [-0.25, -0.2) is 4.79 Å². The van der Waals surface area contributed by atoms with E-state index in [1.54, 1.807) is 26.2 Å². The highest BCUT2D eigenvalue weighted by Crippen LogP contribution is 2.44. The minimum Gasteiger partial charge on any atom is -0.508 e. The number of carboxylic acids is 2. The lowest BCUT2D eigenvalue weighted by Gasteiger charge is -2.32. The van der Waals surface area contributed by atoms with Crippen molar-refractivity contribution in [1.82, 2.24) is 5.32 Å². The Morgan fingerprint density at radius 2 is 1.70 bits per heavy atom. The van der Waals surface area contributed by atoms with E-state index < -0.39 is 35.2 Å². The third-order valence-electron chi connectivity index (χ3n) is 6.31. The summed E-state index contributed by atoms with van der Waals surface area (Å²) in [6, 6.07) is 4.98. The molecule has 9 heteroatoms. The maximum atomic E-state index is 13.3. The first-order valence-corrected chi connectivity index (χ1v) is 11.3. The summed E-state index contributed by atoms with van der Waals surface area (Å²) < 4.78 is 10.6. The van der Waals surface area contributed by atoms with Crippen molar-refractivity contribution < 1.29 is 39.2 Å². The fraction of sp³-hybridized carbons (Fsp3) is 0.625. The molecular formula is C24H35NO8. The Balaban J connectivity index is 2.10. The summed E-state index contributed by atoms with van der Waals surface area (Å²) in [5.74, 6) is -3.29. The fourth-order valence-corrected chi connectivity index (χ4v) is 4.50. The zero-order chi connectivity index (χ0) is 24.4. The lowest BCUT2D eigenvalue weighted by atomic mass is 9.75. The smallest absolute Gasteiger partial charge is 0.326 e. The van der Waals surface area contributed by atoms with E-state index in [9.17, 15) is 29.7 Å². The number of hydrogen-bond donors (Lipinski definition) is 4. The van der Waals surface area contributed by atoms with Gasteiger partial charge in [-0.05, 0) is 50.3 Å². The molecule has 0 aliphatic heterocycles. The Morgan fingerprint density at radius 3 is 2.24 bits per heavy atom. The third-order valence-corrected chi connectivity index (χ3v) is 6.31. The molecule has 0 saturated heterocycles. The van der Waals surface area contributed by atoms with Crippen molar-refractivity contribution in [2.45, 2.75) is 64.0 Å². The molecule has 1 unspecified atom stereocenters. The van der Waals surface area contributed by atoms with Crippen molar-refractivity contribution in [3.05, 3.63) is 29.8 Å². The summed E-state index contributed by atoms with van der Waals surface area (Å²) in [6.07, 6.45) is 2.75. The minimum atomic E-state index is -1.17. The van der Waals surface area contributed by atoms with Crippen LogP contribution < -0.4 is 5.32 Å². The number of aliphatic carboxylic acids is 2. The minimum absolute atomic E-state index is 0.0597. The third kappa shape index (κ3) is 8.01. The predicted octanol–water partition coefficient (Wildman–Crippen LogP) is 2.60. The van der Waals surface area contributed by atoms with Gasteiger partial charge in [0.05, 0.1) is 30.7 Å². The van der Waals surface area contributed by atoms with Crippen molar-refractivity contribution in [2.75, 3.05) is 20.3 Å². The zero-order valence-electron chi connectivity index (χ0n) is 19.3. The molecule has 33 heavy (non-hydrogen) atoms. The van der Waals surface area contributed by atoms with Gasteiger partial charge >= 0.3 is 11.9 Å². The number of carbonyl (C=O) groups excluding carboxylic acids is 1. The Labute approximate surface area is 194 Å². The maximum Gasteiger partial charge on any atom is 0.326 e. The number of carbonyl (C=O) groups is 3. The van der Waals surface area contributed by atoms with E-state index in [0.717, 1.165) is 12.8 Å². The number of methoxy groups -OCH3 is 1. The molecule has 1 aliphatic rings. The highest BCUT2D eigenvalue weighted by molar-refractivity contribution is 5.88. The van der Waals surface area contributed by atoms with Crippen LogP contribution in [0.15, 0.2) is 24.3 Å². The normalized spacial score (nSPS) is 17.8. The fourth-order valence-electron chi connectivity index (χ4n) is 4.50. The van der Waals surface area contributed by atoms with Gasteiger partial charge in [-0.3, -0.25) is 9.59 Å². The Kier molecular flexibility index (Phi) is 10.1. The molecule has 1 saturated carbocycles. The highest BCUT2D eigenvalue weighted by Gasteiger charge is 2.45. The summed E-state index contributed by atoms with van der Waals surface area (Å²) >= 11 is 0. The van der Waals surface area contributed by atoms with Crippen LogP contribution in [0.1, 0.15) is 51.0 Å². The van der Waals surface area contributed by atoms with E-state index in [4.69, 9.17) is 9.47 Å². The van der Waals surface area contributed by atoms with E-state index in [1.807, 2.05) is 0 Å². The van der Waals surface area contributed by atoms with Crippen LogP contribution in [0.25, 0.3) is 0 Å². The molecule has 9 nitrogen and oxygen atoms in total.